The number of hydrogen-bond donors (Lipinski definition) is 2. The average molecular weight is 207 g/mol. The molecule has 0 spiro atoms. The zero-order valence-corrected chi connectivity index (χ0v) is 9.05. The molecule has 82 valence electrons. The zero-order valence-electron chi connectivity index (χ0n) is 9.05. The van der Waals surface area contributed by atoms with Crippen LogP contribution in [0.2, 0.25) is 0 Å². The van der Waals surface area contributed by atoms with Crippen LogP contribution in [-0.2, 0) is 4.79 Å². The summed E-state index contributed by atoms with van der Waals surface area (Å²) in [6, 6.07) is 0. The first-order valence-corrected chi connectivity index (χ1v) is 5.07. The van der Waals surface area contributed by atoms with Crippen LogP contribution in [0.4, 0.5) is 0 Å². The summed E-state index contributed by atoms with van der Waals surface area (Å²) < 4.78 is 0. The first kappa shape index (κ1) is 11.5. The van der Waals surface area contributed by atoms with Gasteiger partial charge in [0.25, 0.3) is 5.91 Å². The molecule has 1 aliphatic rings. The van der Waals surface area contributed by atoms with E-state index in [4.69, 9.17) is 11.1 Å². The number of hydrogen-bond acceptors (Lipinski definition) is 3. The lowest BCUT2D eigenvalue weighted by Crippen LogP contribution is -2.35. The molecule has 4 nitrogen and oxygen atoms in total. The number of rotatable bonds is 3. The Labute approximate surface area is 90.0 Å². The molecule has 15 heavy (non-hydrogen) atoms. The Hall–Kier alpha value is -1.58. The van der Waals surface area contributed by atoms with Gasteiger partial charge in [-0.25, -0.2) is 0 Å². The largest absolute Gasteiger partial charge is 0.399 e. The normalized spacial score (nSPS) is 16.6. The smallest absolute Gasteiger partial charge is 0.272 e. The lowest BCUT2D eigenvalue weighted by Gasteiger charge is -2.17. The van der Waals surface area contributed by atoms with E-state index in [0.29, 0.717) is 5.57 Å². The van der Waals surface area contributed by atoms with Crippen molar-refractivity contribution in [2.75, 3.05) is 13.1 Å². The fraction of sp³-hybridized carbons (Fsp3) is 0.455. The van der Waals surface area contributed by atoms with E-state index in [1.54, 1.807) is 17.9 Å². The van der Waals surface area contributed by atoms with E-state index in [2.05, 4.69) is 6.58 Å². The molecule has 1 rings (SSSR count). The van der Waals surface area contributed by atoms with Gasteiger partial charge < -0.3 is 10.6 Å². The van der Waals surface area contributed by atoms with E-state index in [9.17, 15) is 4.79 Å². The van der Waals surface area contributed by atoms with Gasteiger partial charge in [-0.1, -0.05) is 12.7 Å². The summed E-state index contributed by atoms with van der Waals surface area (Å²) in [6.07, 6.45) is 3.69. The van der Waals surface area contributed by atoms with Crippen LogP contribution in [0.1, 0.15) is 19.8 Å². The number of carbonyl (C=O) groups is 1. The second kappa shape index (κ2) is 4.77. The first-order valence-electron chi connectivity index (χ1n) is 5.07. The van der Waals surface area contributed by atoms with E-state index < -0.39 is 0 Å². The summed E-state index contributed by atoms with van der Waals surface area (Å²) in [6.45, 7) is 6.79. The molecule has 0 saturated carbocycles. The minimum Gasteiger partial charge on any atom is -0.399 e. The van der Waals surface area contributed by atoms with Crippen LogP contribution in [0.25, 0.3) is 0 Å². The summed E-state index contributed by atoms with van der Waals surface area (Å²) in [5.74, 6) is -0.243. The molecule has 0 radical (unpaired) electrons. The Morgan fingerprint density at radius 1 is 1.47 bits per heavy atom. The molecule has 0 aromatic carbocycles. The van der Waals surface area contributed by atoms with Gasteiger partial charge in [-0.05, 0) is 19.8 Å². The van der Waals surface area contributed by atoms with Crippen LogP contribution in [0.5, 0.6) is 0 Å². The van der Waals surface area contributed by atoms with Crippen molar-refractivity contribution in [2.24, 2.45) is 5.73 Å². The molecule has 1 aliphatic heterocycles. The first-order chi connectivity index (χ1) is 7.07. The second-order valence-corrected chi connectivity index (χ2v) is 3.60. The highest BCUT2D eigenvalue weighted by Gasteiger charge is 2.23. The molecule has 1 fully saturated rings. The van der Waals surface area contributed by atoms with Gasteiger partial charge in [0, 0.05) is 24.4 Å². The number of allylic oxidation sites excluding steroid dienone is 2. The van der Waals surface area contributed by atoms with Gasteiger partial charge in [-0.2, -0.15) is 0 Å². The molecule has 3 N–H and O–H groups in total. The number of nitrogens with one attached hydrogen (secondary N) is 1. The second-order valence-electron chi connectivity index (χ2n) is 3.60. The molecule has 0 aromatic heterocycles. The minimum atomic E-state index is -0.243. The van der Waals surface area contributed by atoms with E-state index in [1.165, 1.54) is 0 Å². The van der Waals surface area contributed by atoms with E-state index in [1.807, 2.05) is 0 Å². The van der Waals surface area contributed by atoms with Gasteiger partial charge in [-0.15, -0.1) is 0 Å². The summed E-state index contributed by atoms with van der Waals surface area (Å²) in [4.78, 5) is 13.5. The fourth-order valence-electron chi connectivity index (χ4n) is 1.68. The topological polar surface area (TPSA) is 70.2 Å². The predicted octanol–water partition coefficient (Wildman–Crippen LogP) is 1.05. The molecule has 0 atom stereocenters. The predicted molar refractivity (Wildman–Crippen MR) is 60.6 cm³/mol. The number of likely N-dealkylation sites (tertiary alicyclic amines) is 1. The van der Waals surface area contributed by atoms with Crippen molar-refractivity contribution in [3.63, 3.8) is 0 Å². The lowest BCUT2D eigenvalue weighted by atomic mass is 10.1. The van der Waals surface area contributed by atoms with Crippen LogP contribution in [0.3, 0.4) is 0 Å². The molecule has 4 heteroatoms. The number of nitrogens with zero attached hydrogens (tertiary/aromatic N) is 1. The third-order valence-electron chi connectivity index (χ3n) is 2.51. The van der Waals surface area contributed by atoms with Gasteiger partial charge in [0.05, 0.1) is 0 Å². The SMILES string of the molecule is C=C(N)/C(=C\C)C(=N)C(=O)N1CCCC1. The van der Waals surface area contributed by atoms with Crippen molar-refractivity contribution in [3.05, 3.63) is 23.9 Å². The maximum Gasteiger partial charge on any atom is 0.272 e. The van der Waals surface area contributed by atoms with Gasteiger partial charge in [0.1, 0.15) is 5.71 Å². The fourth-order valence-corrected chi connectivity index (χ4v) is 1.68. The van der Waals surface area contributed by atoms with Crippen molar-refractivity contribution < 1.29 is 4.79 Å². The molecule has 1 heterocycles. The van der Waals surface area contributed by atoms with Crippen LogP contribution in [0.15, 0.2) is 23.9 Å². The van der Waals surface area contributed by atoms with Crippen LogP contribution >= 0.6 is 0 Å². The Morgan fingerprint density at radius 3 is 2.40 bits per heavy atom. The summed E-state index contributed by atoms with van der Waals surface area (Å²) in [5.41, 5.74) is 6.17. The van der Waals surface area contributed by atoms with Gasteiger partial charge in [0.2, 0.25) is 0 Å². The maximum absolute atomic E-state index is 11.8. The van der Waals surface area contributed by atoms with Crippen LogP contribution in [-0.4, -0.2) is 29.6 Å². The van der Waals surface area contributed by atoms with Crippen molar-refractivity contribution in [1.82, 2.24) is 4.90 Å². The summed E-state index contributed by atoms with van der Waals surface area (Å²) in [7, 11) is 0. The standard InChI is InChI=1S/C11H17N3O/c1-3-9(8(2)12)10(13)11(15)14-6-4-5-7-14/h3,13H,2,4-7,12H2,1H3/b9-3+,13-10?. The Bertz CT molecular complexity index is 325. The number of amides is 1. The molecular formula is C11H17N3O. The molecule has 0 aliphatic carbocycles. The van der Waals surface area contributed by atoms with Crippen LogP contribution < -0.4 is 5.73 Å². The summed E-state index contributed by atoms with van der Waals surface area (Å²) >= 11 is 0. The lowest BCUT2D eigenvalue weighted by molar-refractivity contribution is -0.123. The third kappa shape index (κ3) is 2.46. The Balaban J connectivity index is 2.75. The monoisotopic (exact) mass is 207 g/mol. The Morgan fingerprint density at radius 2 is 2.00 bits per heavy atom. The summed E-state index contributed by atoms with van der Waals surface area (Å²) in [5, 5.41) is 7.75. The van der Waals surface area contributed by atoms with Gasteiger partial charge in [-0.3, -0.25) is 10.2 Å². The van der Waals surface area contributed by atoms with Crippen molar-refractivity contribution >= 4 is 11.6 Å². The molecule has 0 aromatic rings. The van der Waals surface area contributed by atoms with Crippen molar-refractivity contribution in [1.29, 1.82) is 5.41 Å². The van der Waals surface area contributed by atoms with Crippen molar-refractivity contribution in [3.8, 4) is 0 Å². The van der Waals surface area contributed by atoms with E-state index in [0.717, 1.165) is 25.9 Å². The van der Waals surface area contributed by atoms with Gasteiger partial charge in [0.15, 0.2) is 0 Å². The highest BCUT2D eigenvalue weighted by Crippen LogP contribution is 2.12. The quantitative estimate of drug-likeness (QED) is 0.536. The molecule has 0 unspecified atom stereocenters. The van der Waals surface area contributed by atoms with E-state index >= 15 is 0 Å². The number of nitrogens with two attached hydrogens (primary N) is 1. The molecule has 1 amide bonds. The molecule has 0 bridgehead atoms. The average Bonchev–Trinajstić information content (AvgIpc) is 2.69. The number of carbonyl (C=O) groups excluding carboxylic acids is 1. The zero-order chi connectivity index (χ0) is 11.4. The highest BCUT2D eigenvalue weighted by atomic mass is 16.2. The molecular weight excluding hydrogens is 190 g/mol. The van der Waals surface area contributed by atoms with E-state index in [-0.39, 0.29) is 17.3 Å². The Kier molecular flexibility index (Phi) is 3.66. The van der Waals surface area contributed by atoms with Gasteiger partial charge >= 0.3 is 0 Å². The van der Waals surface area contributed by atoms with Crippen molar-refractivity contribution in [2.45, 2.75) is 19.8 Å². The molecule has 1 saturated heterocycles. The highest BCUT2D eigenvalue weighted by molar-refractivity contribution is 6.44. The minimum absolute atomic E-state index is 0.0492. The third-order valence-corrected chi connectivity index (χ3v) is 2.51. The maximum atomic E-state index is 11.8. The van der Waals surface area contributed by atoms with Crippen LogP contribution in [0, 0.1) is 5.41 Å².